The summed E-state index contributed by atoms with van der Waals surface area (Å²) >= 11 is 0. The number of aliphatic hydroxyl groups is 4. The minimum absolute atomic E-state index is 0.0693. The molecule has 116 valence electrons. The van der Waals surface area contributed by atoms with Crippen molar-refractivity contribution >= 4 is 0 Å². The average molecular weight is 280 g/mol. The van der Waals surface area contributed by atoms with Gasteiger partial charge in [0, 0.05) is 0 Å². The van der Waals surface area contributed by atoms with Crippen LogP contribution >= 0.6 is 0 Å². The van der Waals surface area contributed by atoms with E-state index in [0.29, 0.717) is 6.42 Å². The molecule has 0 radical (unpaired) electrons. The van der Waals surface area contributed by atoms with E-state index in [1.807, 2.05) is 13.8 Å². The van der Waals surface area contributed by atoms with Gasteiger partial charge in [-0.2, -0.15) is 0 Å². The molecule has 0 aromatic heterocycles. The number of aliphatic hydroxyl groups excluding tert-OH is 4. The summed E-state index contributed by atoms with van der Waals surface area (Å²) < 4.78 is 11.2. The Morgan fingerprint density at radius 3 is 1.84 bits per heavy atom. The van der Waals surface area contributed by atoms with Crippen LogP contribution in [0.2, 0.25) is 0 Å². The monoisotopic (exact) mass is 280 g/mol. The van der Waals surface area contributed by atoms with Gasteiger partial charge in [-0.05, 0) is 27.2 Å². The first-order valence-corrected chi connectivity index (χ1v) is 6.76. The molecule has 6 nitrogen and oxygen atoms in total. The van der Waals surface area contributed by atoms with Gasteiger partial charge >= 0.3 is 0 Å². The zero-order chi connectivity index (χ0) is 15.0. The smallest absolute Gasteiger partial charge is 0.108 e. The molecule has 0 heterocycles. The Hall–Kier alpha value is -0.240. The van der Waals surface area contributed by atoms with Gasteiger partial charge in [0.25, 0.3) is 0 Å². The summed E-state index contributed by atoms with van der Waals surface area (Å²) in [5.41, 5.74) is 0. The lowest BCUT2D eigenvalue weighted by atomic mass is 10.1. The van der Waals surface area contributed by atoms with Gasteiger partial charge < -0.3 is 29.9 Å². The molecule has 0 aliphatic rings. The van der Waals surface area contributed by atoms with Crippen LogP contribution in [0.4, 0.5) is 0 Å². The lowest BCUT2D eigenvalue weighted by molar-refractivity contribution is -0.158. The third-order valence-electron chi connectivity index (χ3n) is 3.12. The van der Waals surface area contributed by atoms with Crippen LogP contribution in [-0.4, -0.2) is 70.3 Å². The minimum Gasteiger partial charge on any atom is -0.394 e. The second-order valence-corrected chi connectivity index (χ2v) is 4.86. The maximum Gasteiger partial charge on any atom is 0.108 e. The van der Waals surface area contributed by atoms with Gasteiger partial charge in [0.05, 0.1) is 37.6 Å². The maximum absolute atomic E-state index is 9.82. The molecule has 6 unspecified atom stereocenters. The van der Waals surface area contributed by atoms with Crippen molar-refractivity contribution in [1.82, 2.24) is 0 Å². The zero-order valence-electron chi connectivity index (χ0n) is 12.2. The summed E-state index contributed by atoms with van der Waals surface area (Å²) in [4.78, 5) is 0. The van der Waals surface area contributed by atoms with Gasteiger partial charge in [-0.3, -0.25) is 0 Å². The van der Waals surface area contributed by atoms with Crippen LogP contribution in [0.5, 0.6) is 0 Å². The first kappa shape index (κ1) is 18.8. The van der Waals surface area contributed by atoms with Crippen molar-refractivity contribution in [2.45, 2.75) is 70.7 Å². The average Bonchev–Trinajstić information content (AvgIpc) is 2.42. The van der Waals surface area contributed by atoms with Gasteiger partial charge in [0.2, 0.25) is 0 Å². The van der Waals surface area contributed by atoms with E-state index in [4.69, 9.17) is 19.7 Å². The van der Waals surface area contributed by atoms with Crippen molar-refractivity contribution in [3.05, 3.63) is 0 Å². The fraction of sp³-hybridized carbons (Fsp3) is 1.00. The fourth-order valence-corrected chi connectivity index (χ4v) is 1.68. The Morgan fingerprint density at radius 1 is 0.895 bits per heavy atom. The number of ether oxygens (including phenoxy) is 2. The highest BCUT2D eigenvalue weighted by molar-refractivity contribution is 4.77. The maximum atomic E-state index is 9.82. The Balaban J connectivity index is 4.36. The molecular weight excluding hydrogens is 252 g/mol. The molecule has 6 atom stereocenters. The third-order valence-corrected chi connectivity index (χ3v) is 3.12. The Labute approximate surface area is 115 Å². The van der Waals surface area contributed by atoms with E-state index < -0.39 is 24.9 Å². The summed E-state index contributed by atoms with van der Waals surface area (Å²) in [5.74, 6) is 0. The van der Waals surface area contributed by atoms with Gasteiger partial charge in [-0.15, -0.1) is 0 Å². The molecule has 19 heavy (non-hydrogen) atoms. The molecule has 0 aliphatic heterocycles. The first-order chi connectivity index (χ1) is 8.87. The van der Waals surface area contributed by atoms with Crippen LogP contribution in [0.1, 0.15) is 34.1 Å². The fourth-order valence-electron chi connectivity index (χ4n) is 1.68. The molecular formula is C13H28O6. The second kappa shape index (κ2) is 9.63. The molecule has 0 aromatic carbocycles. The van der Waals surface area contributed by atoms with Crippen LogP contribution in [0, 0.1) is 0 Å². The van der Waals surface area contributed by atoms with Gasteiger partial charge in [0.15, 0.2) is 0 Å². The normalized spacial score (nSPS) is 21.5. The predicted octanol–water partition coefficient (Wildman–Crippen LogP) is -0.330. The number of rotatable bonds is 10. The summed E-state index contributed by atoms with van der Waals surface area (Å²) in [7, 11) is 0. The van der Waals surface area contributed by atoms with Crippen molar-refractivity contribution in [3.8, 4) is 0 Å². The van der Waals surface area contributed by atoms with E-state index in [1.54, 1.807) is 13.8 Å². The predicted molar refractivity (Wildman–Crippen MR) is 70.8 cm³/mol. The summed E-state index contributed by atoms with van der Waals surface area (Å²) in [6, 6.07) is 0. The van der Waals surface area contributed by atoms with E-state index in [9.17, 15) is 10.2 Å². The van der Waals surface area contributed by atoms with Crippen LogP contribution in [-0.2, 0) is 9.47 Å². The summed E-state index contributed by atoms with van der Waals surface area (Å²) in [5, 5.41) is 37.0. The second-order valence-electron chi connectivity index (χ2n) is 4.86. The van der Waals surface area contributed by atoms with Crippen molar-refractivity contribution in [3.63, 3.8) is 0 Å². The minimum atomic E-state index is -1.22. The van der Waals surface area contributed by atoms with E-state index >= 15 is 0 Å². The molecule has 0 saturated heterocycles. The van der Waals surface area contributed by atoms with Gasteiger partial charge in [0.1, 0.15) is 12.2 Å². The van der Waals surface area contributed by atoms with Gasteiger partial charge in [-0.25, -0.2) is 0 Å². The Bertz CT molecular complexity index is 225. The van der Waals surface area contributed by atoms with Crippen molar-refractivity contribution in [2.75, 3.05) is 13.2 Å². The largest absolute Gasteiger partial charge is 0.394 e. The van der Waals surface area contributed by atoms with Crippen LogP contribution in [0.15, 0.2) is 0 Å². The van der Waals surface area contributed by atoms with E-state index in [-0.39, 0.29) is 24.9 Å². The molecule has 4 N–H and O–H groups in total. The standard InChI is InChI=1S/C13H28O6/c1-5-12(13(17)11(16)7-15)19-10(4)9(3)18-8(2)6-14/h8-17H,5-7H2,1-4H3. The van der Waals surface area contributed by atoms with E-state index in [1.165, 1.54) is 0 Å². The molecule has 0 aliphatic carbocycles. The Morgan fingerprint density at radius 2 is 1.42 bits per heavy atom. The van der Waals surface area contributed by atoms with Crippen LogP contribution in [0.3, 0.4) is 0 Å². The quantitative estimate of drug-likeness (QED) is 0.437. The molecule has 0 rings (SSSR count). The van der Waals surface area contributed by atoms with Crippen molar-refractivity contribution in [1.29, 1.82) is 0 Å². The SMILES string of the molecule is CCC(OC(C)C(C)OC(C)CO)C(O)C(O)CO. The number of hydrogen-bond donors (Lipinski definition) is 4. The summed E-state index contributed by atoms with van der Waals surface area (Å²) in [6.45, 7) is 6.62. The molecule has 0 fully saturated rings. The van der Waals surface area contributed by atoms with Gasteiger partial charge in [-0.1, -0.05) is 6.92 Å². The first-order valence-electron chi connectivity index (χ1n) is 6.76. The molecule has 6 heteroatoms. The van der Waals surface area contributed by atoms with Crippen LogP contribution in [0.25, 0.3) is 0 Å². The topological polar surface area (TPSA) is 99.4 Å². The molecule has 0 bridgehead atoms. The molecule has 0 spiro atoms. The highest BCUT2D eigenvalue weighted by Gasteiger charge is 2.28. The molecule has 0 aromatic rings. The van der Waals surface area contributed by atoms with E-state index in [2.05, 4.69) is 0 Å². The number of hydrogen-bond acceptors (Lipinski definition) is 6. The van der Waals surface area contributed by atoms with Crippen LogP contribution < -0.4 is 0 Å². The molecule has 0 amide bonds. The lowest BCUT2D eigenvalue weighted by Gasteiger charge is -2.31. The van der Waals surface area contributed by atoms with E-state index in [0.717, 1.165) is 0 Å². The highest BCUT2D eigenvalue weighted by Crippen LogP contribution is 2.15. The summed E-state index contributed by atoms with van der Waals surface area (Å²) in [6.07, 6.45) is -3.27. The third kappa shape index (κ3) is 6.65. The highest BCUT2D eigenvalue weighted by atomic mass is 16.6. The van der Waals surface area contributed by atoms with Crippen molar-refractivity contribution in [2.24, 2.45) is 0 Å². The zero-order valence-corrected chi connectivity index (χ0v) is 12.2. The molecule has 0 saturated carbocycles. The Kier molecular flexibility index (Phi) is 9.51. The van der Waals surface area contributed by atoms with Crippen molar-refractivity contribution < 1.29 is 29.9 Å². The lowest BCUT2D eigenvalue weighted by Crippen LogP contribution is -2.44.